The molecule has 1 aliphatic heterocycles. The standard InChI is InChI=1S/C14H22N4O2/c1-3-18-7-5-4-6-11(18)8-16-13-10-15-12(9-17-13)14(19)20-2/h9-11H,3-8H2,1-2H3,(H,16,17)/t11-/m1/s1. The average molecular weight is 278 g/mol. The van der Waals surface area contributed by atoms with Crippen LogP contribution in [0, 0.1) is 0 Å². The Morgan fingerprint density at radius 2 is 2.30 bits per heavy atom. The molecule has 6 nitrogen and oxygen atoms in total. The highest BCUT2D eigenvalue weighted by atomic mass is 16.5. The van der Waals surface area contributed by atoms with E-state index in [4.69, 9.17) is 0 Å². The van der Waals surface area contributed by atoms with Crippen molar-refractivity contribution in [1.82, 2.24) is 14.9 Å². The zero-order valence-corrected chi connectivity index (χ0v) is 12.1. The number of esters is 1. The van der Waals surface area contributed by atoms with Crippen LogP contribution in [0.15, 0.2) is 12.4 Å². The molecule has 1 saturated heterocycles. The number of hydrogen-bond acceptors (Lipinski definition) is 6. The van der Waals surface area contributed by atoms with Gasteiger partial charge in [0.05, 0.1) is 19.5 Å². The Bertz CT molecular complexity index is 435. The number of anilines is 1. The van der Waals surface area contributed by atoms with Gasteiger partial charge in [0.15, 0.2) is 5.69 Å². The van der Waals surface area contributed by atoms with Gasteiger partial charge in [-0.2, -0.15) is 0 Å². The van der Waals surface area contributed by atoms with Crippen LogP contribution in [0.2, 0.25) is 0 Å². The summed E-state index contributed by atoms with van der Waals surface area (Å²) in [6, 6.07) is 0.552. The molecular weight excluding hydrogens is 256 g/mol. The van der Waals surface area contributed by atoms with Crippen molar-refractivity contribution >= 4 is 11.8 Å². The van der Waals surface area contributed by atoms with E-state index in [0.717, 1.165) is 13.1 Å². The largest absolute Gasteiger partial charge is 0.464 e. The van der Waals surface area contributed by atoms with Gasteiger partial charge in [0.25, 0.3) is 0 Å². The second-order valence-corrected chi connectivity index (χ2v) is 4.94. The van der Waals surface area contributed by atoms with Crippen LogP contribution in [-0.4, -0.2) is 53.6 Å². The Kier molecular flexibility index (Phi) is 5.29. The van der Waals surface area contributed by atoms with Crippen molar-refractivity contribution < 1.29 is 9.53 Å². The summed E-state index contributed by atoms with van der Waals surface area (Å²) in [4.78, 5) is 22.0. The van der Waals surface area contributed by atoms with Crippen LogP contribution >= 0.6 is 0 Å². The maximum Gasteiger partial charge on any atom is 0.358 e. The van der Waals surface area contributed by atoms with E-state index in [1.807, 2.05) is 0 Å². The Morgan fingerprint density at radius 3 is 2.95 bits per heavy atom. The first kappa shape index (κ1) is 14.7. The Balaban J connectivity index is 1.88. The molecule has 1 N–H and O–H groups in total. The highest BCUT2D eigenvalue weighted by Gasteiger charge is 2.20. The van der Waals surface area contributed by atoms with Crippen LogP contribution in [0.1, 0.15) is 36.7 Å². The Hall–Kier alpha value is -1.69. The number of likely N-dealkylation sites (N-methyl/N-ethyl adjacent to an activating group) is 1. The third kappa shape index (κ3) is 3.66. The van der Waals surface area contributed by atoms with Gasteiger partial charge in [-0.3, -0.25) is 4.90 Å². The van der Waals surface area contributed by atoms with Gasteiger partial charge in [0.1, 0.15) is 5.82 Å². The average Bonchev–Trinajstić information content (AvgIpc) is 2.53. The first-order chi connectivity index (χ1) is 9.74. The number of rotatable bonds is 5. The summed E-state index contributed by atoms with van der Waals surface area (Å²) in [5.74, 6) is 0.229. The zero-order chi connectivity index (χ0) is 14.4. The van der Waals surface area contributed by atoms with E-state index in [2.05, 4.69) is 31.8 Å². The predicted molar refractivity (Wildman–Crippen MR) is 76.7 cm³/mol. The fourth-order valence-corrected chi connectivity index (χ4v) is 2.56. The van der Waals surface area contributed by atoms with Gasteiger partial charge < -0.3 is 10.1 Å². The molecule has 110 valence electrons. The Labute approximate surface area is 119 Å². The van der Waals surface area contributed by atoms with Crippen LogP contribution < -0.4 is 5.32 Å². The molecule has 20 heavy (non-hydrogen) atoms. The molecule has 0 unspecified atom stereocenters. The second-order valence-electron chi connectivity index (χ2n) is 4.94. The number of nitrogens with zero attached hydrogens (tertiary/aromatic N) is 3. The van der Waals surface area contributed by atoms with Crippen molar-refractivity contribution in [2.75, 3.05) is 32.1 Å². The molecule has 2 heterocycles. The SMILES string of the molecule is CCN1CCCC[C@@H]1CNc1cnc(C(=O)OC)cn1. The van der Waals surface area contributed by atoms with Gasteiger partial charge in [0.2, 0.25) is 0 Å². The molecule has 1 aromatic rings. The van der Waals surface area contributed by atoms with E-state index in [1.165, 1.54) is 39.1 Å². The van der Waals surface area contributed by atoms with E-state index in [0.29, 0.717) is 11.9 Å². The fraction of sp³-hybridized carbons (Fsp3) is 0.643. The smallest absolute Gasteiger partial charge is 0.358 e. The summed E-state index contributed by atoms with van der Waals surface area (Å²) in [7, 11) is 1.33. The number of aromatic nitrogens is 2. The minimum Gasteiger partial charge on any atom is -0.464 e. The molecule has 0 radical (unpaired) electrons. The van der Waals surface area contributed by atoms with Crippen molar-refractivity contribution in [1.29, 1.82) is 0 Å². The number of likely N-dealkylation sites (tertiary alicyclic amines) is 1. The summed E-state index contributed by atoms with van der Waals surface area (Å²) in [5.41, 5.74) is 0.228. The first-order valence-electron chi connectivity index (χ1n) is 7.13. The quantitative estimate of drug-likeness (QED) is 0.824. The maximum atomic E-state index is 11.3. The molecular formula is C14H22N4O2. The topological polar surface area (TPSA) is 67.4 Å². The van der Waals surface area contributed by atoms with E-state index in [-0.39, 0.29) is 5.69 Å². The highest BCUT2D eigenvalue weighted by molar-refractivity contribution is 5.86. The molecule has 0 spiro atoms. The maximum absolute atomic E-state index is 11.3. The van der Waals surface area contributed by atoms with Gasteiger partial charge in [-0.25, -0.2) is 14.8 Å². The summed E-state index contributed by atoms with van der Waals surface area (Å²) in [6.45, 7) is 5.32. The third-order valence-corrected chi connectivity index (χ3v) is 3.72. The molecule has 0 saturated carbocycles. The molecule has 1 atom stereocenters. The highest BCUT2D eigenvalue weighted by Crippen LogP contribution is 2.16. The van der Waals surface area contributed by atoms with E-state index >= 15 is 0 Å². The molecule has 0 bridgehead atoms. The van der Waals surface area contributed by atoms with Crippen molar-refractivity contribution in [2.24, 2.45) is 0 Å². The van der Waals surface area contributed by atoms with Crippen LogP contribution in [0.25, 0.3) is 0 Å². The third-order valence-electron chi connectivity index (χ3n) is 3.72. The van der Waals surface area contributed by atoms with Crippen molar-refractivity contribution in [3.63, 3.8) is 0 Å². The molecule has 0 aliphatic carbocycles. The summed E-state index contributed by atoms with van der Waals surface area (Å²) in [5, 5.41) is 3.30. The van der Waals surface area contributed by atoms with Gasteiger partial charge >= 0.3 is 5.97 Å². The lowest BCUT2D eigenvalue weighted by Crippen LogP contribution is -2.43. The lowest BCUT2D eigenvalue weighted by molar-refractivity contribution is 0.0593. The summed E-state index contributed by atoms with van der Waals surface area (Å²) in [6.07, 6.45) is 6.81. The van der Waals surface area contributed by atoms with Crippen LogP contribution in [0.3, 0.4) is 0 Å². The fourth-order valence-electron chi connectivity index (χ4n) is 2.56. The lowest BCUT2D eigenvalue weighted by atomic mass is 10.0. The number of hydrogen-bond donors (Lipinski definition) is 1. The van der Waals surface area contributed by atoms with Crippen LogP contribution in [0.4, 0.5) is 5.82 Å². The van der Waals surface area contributed by atoms with Crippen molar-refractivity contribution in [3.8, 4) is 0 Å². The first-order valence-corrected chi connectivity index (χ1v) is 7.13. The number of carbonyl (C=O) groups excluding carboxylic acids is 1. The molecule has 1 aromatic heterocycles. The number of ether oxygens (including phenoxy) is 1. The van der Waals surface area contributed by atoms with Crippen LogP contribution in [-0.2, 0) is 4.74 Å². The molecule has 0 aromatic carbocycles. The summed E-state index contributed by atoms with van der Waals surface area (Å²) >= 11 is 0. The second kappa shape index (κ2) is 7.19. The predicted octanol–water partition coefficient (Wildman–Crippen LogP) is 1.55. The van der Waals surface area contributed by atoms with E-state index < -0.39 is 5.97 Å². The van der Waals surface area contributed by atoms with Crippen molar-refractivity contribution in [2.45, 2.75) is 32.2 Å². The number of piperidine rings is 1. The molecule has 1 fully saturated rings. The minimum atomic E-state index is -0.464. The van der Waals surface area contributed by atoms with Gasteiger partial charge in [-0.1, -0.05) is 13.3 Å². The normalized spacial score (nSPS) is 19.6. The monoisotopic (exact) mass is 278 g/mol. The number of nitrogens with one attached hydrogen (secondary N) is 1. The van der Waals surface area contributed by atoms with Gasteiger partial charge in [-0.15, -0.1) is 0 Å². The van der Waals surface area contributed by atoms with Gasteiger partial charge in [-0.05, 0) is 25.9 Å². The number of carbonyl (C=O) groups is 1. The minimum absolute atomic E-state index is 0.228. The molecule has 2 rings (SSSR count). The zero-order valence-electron chi connectivity index (χ0n) is 12.1. The Morgan fingerprint density at radius 1 is 1.45 bits per heavy atom. The van der Waals surface area contributed by atoms with Crippen molar-refractivity contribution in [3.05, 3.63) is 18.1 Å². The van der Waals surface area contributed by atoms with E-state index in [9.17, 15) is 4.79 Å². The lowest BCUT2D eigenvalue weighted by Gasteiger charge is -2.34. The van der Waals surface area contributed by atoms with E-state index in [1.54, 1.807) is 6.20 Å². The molecule has 1 aliphatic rings. The molecule has 6 heteroatoms. The van der Waals surface area contributed by atoms with Gasteiger partial charge in [0, 0.05) is 12.6 Å². The summed E-state index contributed by atoms with van der Waals surface area (Å²) < 4.78 is 4.59. The van der Waals surface area contributed by atoms with Crippen LogP contribution in [0.5, 0.6) is 0 Å². The molecule has 0 amide bonds. The number of methoxy groups -OCH3 is 1.